The zero-order valence-corrected chi connectivity index (χ0v) is 12.0. The van der Waals surface area contributed by atoms with Crippen LogP contribution in [0.4, 0.5) is 4.39 Å². The van der Waals surface area contributed by atoms with Crippen molar-refractivity contribution >= 4 is 17.2 Å². The van der Waals surface area contributed by atoms with Crippen molar-refractivity contribution < 1.29 is 13.9 Å². The molecule has 1 rings (SSSR count). The summed E-state index contributed by atoms with van der Waals surface area (Å²) in [5.41, 5.74) is 6.90. The Balaban J connectivity index is 2.36. The molecule has 0 amide bonds. The van der Waals surface area contributed by atoms with E-state index >= 15 is 0 Å². The number of halogens is 1. The van der Waals surface area contributed by atoms with Crippen molar-refractivity contribution in [3.8, 4) is 0 Å². The van der Waals surface area contributed by atoms with Gasteiger partial charge in [-0.2, -0.15) is 0 Å². The molecule has 0 aliphatic heterocycles. The molecular formula is C14H20FNO2S. The Morgan fingerprint density at radius 1 is 1.26 bits per heavy atom. The Labute approximate surface area is 118 Å². The van der Waals surface area contributed by atoms with E-state index in [1.165, 1.54) is 12.1 Å². The molecule has 0 aromatic heterocycles. The van der Waals surface area contributed by atoms with Crippen LogP contribution in [-0.2, 0) is 16.1 Å². The summed E-state index contributed by atoms with van der Waals surface area (Å²) in [6.07, 6.45) is 2.16. The van der Waals surface area contributed by atoms with Crippen molar-refractivity contribution in [1.29, 1.82) is 0 Å². The van der Waals surface area contributed by atoms with Gasteiger partial charge in [0.25, 0.3) is 0 Å². The second-order valence-electron chi connectivity index (χ2n) is 4.18. The van der Waals surface area contributed by atoms with Gasteiger partial charge in [0.2, 0.25) is 0 Å². The Hall–Kier alpha value is -1.04. The van der Waals surface area contributed by atoms with Gasteiger partial charge in [-0.15, -0.1) is 0 Å². The Bertz CT molecular complexity index is 412. The van der Waals surface area contributed by atoms with Gasteiger partial charge in [-0.1, -0.05) is 25.6 Å². The molecule has 1 aromatic carbocycles. The van der Waals surface area contributed by atoms with Crippen molar-refractivity contribution in [3.63, 3.8) is 0 Å². The van der Waals surface area contributed by atoms with Gasteiger partial charge in [0.05, 0.1) is 19.8 Å². The highest BCUT2D eigenvalue weighted by molar-refractivity contribution is 7.80. The Morgan fingerprint density at radius 2 is 2.00 bits per heavy atom. The minimum Gasteiger partial charge on any atom is -0.389 e. The number of hydrogen-bond acceptors (Lipinski definition) is 3. The summed E-state index contributed by atoms with van der Waals surface area (Å²) in [6, 6.07) is 4.31. The van der Waals surface area contributed by atoms with Crippen molar-refractivity contribution in [2.24, 2.45) is 5.73 Å². The van der Waals surface area contributed by atoms with E-state index in [9.17, 15) is 4.39 Å². The van der Waals surface area contributed by atoms with Crippen molar-refractivity contribution in [3.05, 3.63) is 35.1 Å². The number of unbranched alkanes of at least 4 members (excludes halogenated alkanes) is 1. The van der Waals surface area contributed by atoms with Crippen LogP contribution in [0, 0.1) is 5.82 Å². The molecule has 0 saturated carbocycles. The molecule has 106 valence electrons. The summed E-state index contributed by atoms with van der Waals surface area (Å²) >= 11 is 4.92. The van der Waals surface area contributed by atoms with Crippen LogP contribution in [0.2, 0.25) is 0 Å². The summed E-state index contributed by atoms with van der Waals surface area (Å²) in [4.78, 5) is 0.248. The van der Waals surface area contributed by atoms with Crippen molar-refractivity contribution in [1.82, 2.24) is 0 Å². The first-order chi connectivity index (χ1) is 9.15. The second kappa shape index (κ2) is 8.96. The van der Waals surface area contributed by atoms with Crippen molar-refractivity contribution in [2.75, 3.05) is 19.8 Å². The first kappa shape index (κ1) is 16.0. The first-order valence-electron chi connectivity index (χ1n) is 6.39. The molecular weight excluding hydrogens is 265 g/mol. The predicted molar refractivity (Wildman–Crippen MR) is 77.7 cm³/mol. The lowest BCUT2D eigenvalue weighted by Gasteiger charge is -2.09. The molecule has 0 aliphatic rings. The highest BCUT2D eigenvalue weighted by Crippen LogP contribution is 2.12. The van der Waals surface area contributed by atoms with E-state index in [-0.39, 0.29) is 17.4 Å². The van der Waals surface area contributed by atoms with Gasteiger partial charge in [-0.05, 0) is 30.2 Å². The number of benzene rings is 1. The average Bonchev–Trinajstić information content (AvgIpc) is 2.37. The third kappa shape index (κ3) is 6.09. The topological polar surface area (TPSA) is 44.5 Å². The molecule has 0 saturated heterocycles. The minimum atomic E-state index is -0.321. The molecule has 0 bridgehead atoms. The molecule has 0 unspecified atom stereocenters. The fourth-order valence-electron chi connectivity index (χ4n) is 1.57. The van der Waals surface area contributed by atoms with Crippen LogP contribution in [0.5, 0.6) is 0 Å². The van der Waals surface area contributed by atoms with Gasteiger partial charge < -0.3 is 15.2 Å². The normalized spacial score (nSPS) is 10.6. The Morgan fingerprint density at radius 3 is 2.68 bits per heavy atom. The molecule has 0 spiro atoms. The third-order valence-corrected chi connectivity index (χ3v) is 2.82. The summed E-state index contributed by atoms with van der Waals surface area (Å²) in [5, 5.41) is 0. The van der Waals surface area contributed by atoms with Crippen LogP contribution in [0.3, 0.4) is 0 Å². The van der Waals surface area contributed by atoms with Crippen LogP contribution >= 0.6 is 12.2 Å². The van der Waals surface area contributed by atoms with Crippen LogP contribution in [0.1, 0.15) is 30.9 Å². The van der Waals surface area contributed by atoms with Crippen LogP contribution in [-0.4, -0.2) is 24.8 Å². The van der Waals surface area contributed by atoms with E-state index < -0.39 is 0 Å². The van der Waals surface area contributed by atoms with E-state index in [4.69, 9.17) is 27.4 Å². The van der Waals surface area contributed by atoms with Gasteiger partial charge >= 0.3 is 0 Å². The predicted octanol–water partition coefficient (Wildman–Crippen LogP) is 2.79. The summed E-state index contributed by atoms with van der Waals surface area (Å²) in [7, 11) is 0. The first-order valence-corrected chi connectivity index (χ1v) is 6.79. The van der Waals surface area contributed by atoms with Gasteiger partial charge in [0, 0.05) is 12.2 Å². The number of hydrogen-bond donors (Lipinski definition) is 1. The standard InChI is InChI=1S/C14H20FNO2S/c1-2-3-6-17-7-8-18-10-11-9-12(15)4-5-13(11)14(16)19/h4-5,9H,2-3,6-8,10H2,1H3,(H2,16,19). The van der Waals surface area contributed by atoms with E-state index in [0.29, 0.717) is 24.3 Å². The molecule has 19 heavy (non-hydrogen) atoms. The number of rotatable bonds is 9. The molecule has 3 nitrogen and oxygen atoms in total. The summed E-state index contributed by atoms with van der Waals surface area (Å²) in [5.74, 6) is -0.321. The fourth-order valence-corrected chi connectivity index (χ4v) is 1.77. The van der Waals surface area contributed by atoms with E-state index in [1.54, 1.807) is 6.07 Å². The lowest BCUT2D eigenvalue weighted by Crippen LogP contribution is -2.14. The molecule has 0 heterocycles. The average molecular weight is 285 g/mol. The Kier molecular flexibility index (Phi) is 7.55. The maximum Gasteiger partial charge on any atom is 0.123 e. The van der Waals surface area contributed by atoms with E-state index in [0.717, 1.165) is 19.4 Å². The zero-order valence-electron chi connectivity index (χ0n) is 11.2. The molecule has 0 atom stereocenters. The quantitative estimate of drug-likeness (QED) is 0.560. The molecule has 0 fully saturated rings. The van der Waals surface area contributed by atoms with E-state index in [2.05, 4.69) is 6.92 Å². The highest BCUT2D eigenvalue weighted by Gasteiger charge is 2.06. The van der Waals surface area contributed by atoms with Crippen LogP contribution < -0.4 is 5.73 Å². The third-order valence-electron chi connectivity index (χ3n) is 2.60. The summed E-state index contributed by atoms with van der Waals surface area (Å²) in [6.45, 7) is 4.15. The SMILES string of the molecule is CCCCOCCOCc1cc(F)ccc1C(N)=S. The zero-order chi connectivity index (χ0) is 14.1. The van der Waals surface area contributed by atoms with Crippen LogP contribution in [0.25, 0.3) is 0 Å². The number of nitrogens with two attached hydrogens (primary N) is 1. The van der Waals surface area contributed by atoms with E-state index in [1.807, 2.05) is 0 Å². The molecule has 0 aliphatic carbocycles. The number of thiocarbonyl (C=S) groups is 1. The second-order valence-corrected chi connectivity index (χ2v) is 4.62. The monoisotopic (exact) mass is 285 g/mol. The molecule has 2 N–H and O–H groups in total. The lowest BCUT2D eigenvalue weighted by atomic mass is 10.1. The lowest BCUT2D eigenvalue weighted by molar-refractivity contribution is 0.0396. The largest absolute Gasteiger partial charge is 0.389 e. The van der Waals surface area contributed by atoms with Gasteiger partial charge in [-0.25, -0.2) is 4.39 Å². The van der Waals surface area contributed by atoms with Gasteiger partial charge in [0.1, 0.15) is 10.8 Å². The van der Waals surface area contributed by atoms with Gasteiger partial charge in [0.15, 0.2) is 0 Å². The minimum absolute atomic E-state index is 0.248. The molecule has 0 radical (unpaired) electrons. The van der Waals surface area contributed by atoms with Crippen molar-refractivity contribution in [2.45, 2.75) is 26.4 Å². The summed E-state index contributed by atoms with van der Waals surface area (Å²) < 4.78 is 24.0. The van der Waals surface area contributed by atoms with Crippen LogP contribution in [0.15, 0.2) is 18.2 Å². The molecule has 5 heteroatoms. The fraction of sp³-hybridized carbons (Fsp3) is 0.500. The number of ether oxygens (including phenoxy) is 2. The molecule has 1 aromatic rings. The smallest absolute Gasteiger partial charge is 0.123 e. The van der Waals surface area contributed by atoms with Gasteiger partial charge in [-0.3, -0.25) is 0 Å². The maximum absolute atomic E-state index is 13.2. The highest BCUT2D eigenvalue weighted by atomic mass is 32.1. The maximum atomic E-state index is 13.2.